The lowest BCUT2D eigenvalue weighted by Crippen LogP contribution is -2.49. The Balaban J connectivity index is 2.85. The molecule has 0 bridgehead atoms. The highest BCUT2D eigenvalue weighted by Gasteiger charge is 2.41. The Bertz CT molecular complexity index is 362. The average Bonchev–Trinajstić information content (AvgIpc) is 2.51. The van der Waals surface area contributed by atoms with E-state index in [4.69, 9.17) is 13.3 Å². The molecule has 0 aliphatic carbocycles. The lowest BCUT2D eigenvalue weighted by atomic mass is 10.2. The maximum Gasteiger partial charge on any atom is 0.505 e. The summed E-state index contributed by atoms with van der Waals surface area (Å²) < 4.78 is 19.6. The molecule has 0 saturated carbocycles. The van der Waals surface area contributed by atoms with Crippen molar-refractivity contribution < 1.29 is 13.3 Å². The van der Waals surface area contributed by atoms with E-state index in [0.717, 1.165) is 25.3 Å². The Morgan fingerprint density at radius 1 is 0.810 bits per heavy atom. The van der Waals surface area contributed by atoms with Crippen molar-refractivity contribution in [1.29, 1.82) is 0 Å². The summed E-state index contributed by atoms with van der Waals surface area (Å²) in [6.45, 7) is 8.44. The van der Waals surface area contributed by atoms with Crippen LogP contribution in [-0.4, -0.2) is 28.6 Å². The summed E-state index contributed by atoms with van der Waals surface area (Å²) >= 11 is 2.32. The van der Waals surface area contributed by atoms with Crippen LogP contribution in [0.5, 0.6) is 0 Å². The fourth-order valence-corrected chi connectivity index (χ4v) is 5.10. The van der Waals surface area contributed by atoms with Crippen LogP contribution in [-0.2, 0) is 19.3 Å². The first kappa shape index (κ1) is 19.1. The van der Waals surface area contributed by atoms with Gasteiger partial charge in [-0.25, -0.2) is 0 Å². The maximum atomic E-state index is 6.11. The molecule has 120 valence electrons. The van der Waals surface area contributed by atoms with Gasteiger partial charge in [-0.3, -0.25) is 0 Å². The van der Waals surface area contributed by atoms with Crippen LogP contribution in [0.15, 0.2) is 24.3 Å². The van der Waals surface area contributed by atoms with Crippen molar-refractivity contribution in [1.82, 2.24) is 0 Å². The Morgan fingerprint density at radius 3 is 1.62 bits per heavy atom. The molecule has 0 saturated heterocycles. The monoisotopic (exact) mass is 422 g/mol. The summed E-state index contributed by atoms with van der Waals surface area (Å²) in [7, 11) is -2.62. The zero-order valence-corrected chi connectivity index (χ0v) is 16.5. The van der Waals surface area contributed by atoms with Gasteiger partial charge in [0.2, 0.25) is 0 Å². The predicted octanol–water partition coefficient (Wildman–Crippen LogP) is 4.59. The number of rotatable bonds is 11. The third kappa shape index (κ3) is 7.23. The van der Waals surface area contributed by atoms with Gasteiger partial charge < -0.3 is 13.3 Å². The Kier molecular flexibility index (Phi) is 9.75. The van der Waals surface area contributed by atoms with Gasteiger partial charge in [0.1, 0.15) is 0 Å². The van der Waals surface area contributed by atoms with Crippen molar-refractivity contribution in [2.45, 2.75) is 46.1 Å². The van der Waals surface area contributed by atoms with E-state index in [1.54, 1.807) is 0 Å². The summed E-state index contributed by atoms with van der Waals surface area (Å²) in [6, 6.07) is 9.28. The van der Waals surface area contributed by atoms with Gasteiger partial charge in [0.25, 0.3) is 0 Å². The van der Waals surface area contributed by atoms with Gasteiger partial charge >= 0.3 is 8.80 Å². The number of benzene rings is 1. The van der Waals surface area contributed by atoms with Crippen molar-refractivity contribution in [2.24, 2.45) is 0 Å². The Labute approximate surface area is 143 Å². The normalized spacial score (nSPS) is 11.8. The molecule has 0 aliphatic rings. The molecule has 0 amide bonds. The molecule has 0 fully saturated rings. The van der Waals surface area contributed by atoms with Crippen molar-refractivity contribution >= 4 is 31.4 Å². The van der Waals surface area contributed by atoms with Crippen LogP contribution >= 0.6 is 22.6 Å². The Hall–Kier alpha value is 0.0469. The molecular formula is C16H27IO3Si. The summed E-state index contributed by atoms with van der Waals surface area (Å²) in [4.78, 5) is 0. The van der Waals surface area contributed by atoms with Crippen LogP contribution in [0.3, 0.4) is 0 Å². The first-order chi connectivity index (χ1) is 10.2. The van der Waals surface area contributed by atoms with E-state index in [9.17, 15) is 0 Å². The largest absolute Gasteiger partial charge is 0.505 e. The lowest BCUT2D eigenvalue weighted by molar-refractivity contribution is 0.0583. The van der Waals surface area contributed by atoms with Crippen molar-refractivity contribution in [2.75, 3.05) is 19.8 Å². The SMILES string of the molecule is CCCO[Si](Cc1ccc(I)cc1)(OCCC)OCCC. The molecule has 1 aromatic rings. The molecule has 0 unspecified atom stereocenters. The van der Waals surface area contributed by atoms with Crippen LogP contribution in [0.4, 0.5) is 0 Å². The molecule has 5 heteroatoms. The minimum Gasteiger partial charge on any atom is -0.373 e. The predicted molar refractivity (Wildman–Crippen MR) is 97.3 cm³/mol. The molecule has 21 heavy (non-hydrogen) atoms. The van der Waals surface area contributed by atoms with E-state index < -0.39 is 8.80 Å². The zero-order chi connectivity index (χ0) is 15.6. The fourth-order valence-electron chi connectivity index (χ4n) is 1.90. The van der Waals surface area contributed by atoms with Crippen LogP contribution in [0.25, 0.3) is 0 Å². The first-order valence-corrected chi connectivity index (χ1v) is 10.8. The van der Waals surface area contributed by atoms with Crippen molar-refractivity contribution in [3.8, 4) is 0 Å². The van der Waals surface area contributed by atoms with Gasteiger partial charge in [0.05, 0.1) is 0 Å². The topological polar surface area (TPSA) is 27.7 Å². The van der Waals surface area contributed by atoms with E-state index in [2.05, 4.69) is 67.6 Å². The quantitative estimate of drug-likeness (QED) is 0.386. The Morgan fingerprint density at radius 2 is 1.24 bits per heavy atom. The molecule has 1 aromatic carbocycles. The summed E-state index contributed by atoms with van der Waals surface area (Å²) in [6.07, 6.45) is 2.94. The van der Waals surface area contributed by atoms with Crippen LogP contribution in [0.2, 0.25) is 0 Å². The second kappa shape index (κ2) is 10.7. The third-order valence-electron chi connectivity index (χ3n) is 2.91. The first-order valence-electron chi connectivity index (χ1n) is 7.82. The molecule has 0 atom stereocenters. The van der Waals surface area contributed by atoms with E-state index in [1.165, 1.54) is 9.13 Å². The highest BCUT2D eigenvalue weighted by Crippen LogP contribution is 2.19. The maximum absolute atomic E-state index is 6.11. The van der Waals surface area contributed by atoms with E-state index >= 15 is 0 Å². The summed E-state index contributed by atoms with van der Waals surface area (Å²) in [5.74, 6) is 0. The minimum atomic E-state index is -2.62. The molecule has 1 rings (SSSR count). The number of hydrogen-bond acceptors (Lipinski definition) is 3. The van der Waals surface area contributed by atoms with E-state index in [0.29, 0.717) is 19.8 Å². The van der Waals surface area contributed by atoms with Crippen LogP contribution in [0, 0.1) is 3.57 Å². The van der Waals surface area contributed by atoms with Gasteiger partial charge in [0.15, 0.2) is 0 Å². The molecule has 0 heterocycles. The molecular weight excluding hydrogens is 395 g/mol. The standard InChI is InChI=1S/C16H27IO3Si/c1-4-11-18-21(19-12-5-2,20-13-6-3)14-15-7-9-16(17)10-8-15/h7-10H,4-6,11-14H2,1-3H3. The smallest absolute Gasteiger partial charge is 0.373 e. The van der Waals surface area contributed by atoms with E-state index in [-0.39, 0.29) is 0 Å². The van der Waals surface area contributed by atoms with Crippen molar-refractivity contribution in [3.63, 3.8) is 0 Å². The van der Waals surface area contributed by atoms with Gasteiger partial charge in [0, 0.05) is 29.4 Å². The molecule has 3 nitrogen and oxygen atoms in total. The fraction of sp³-hybridized carbons (Fsp3) is 0.625. The van der Waals surface area contributed by atoms with Gasteiger partial charge in [-0.05, 0) is 59.5 Å². The third-order valence-corrected chi connectivity index (χ3v) is 6.40. The second-order valence-electron chi connectivity index (χ2n) is 5.03. The summed E-state index contributed by atoms with van der Waals surface area (Å²) in [5, 5.41) is 0. The minimum absolute atomic E-state index is 0.698. The number of hydrogen-bond donors (Lipinski definition) is 0. The molecule has 0 spiro atoms. The molecule has 0 radical (unpaired) electrons. The van der Waals surface area contributed by atoms with E-state index in [1.807, 2.05) is 0 Å². The average molecular weight is 422 g/mol. The highest BCUT2D eigenvalue weighted by molar-refractivity contribution is 14.1. The molecule has 0 aliphatic heterocycles. The van der Waals surface area contributed by atoms with Gasteiger partial charge in [-0.1, -0.05) is 32.9 Å². The number of halogens is 1. The second-order valence-corrected chi connectivity index (χ2v) is 8.86. The zero-order valence-electron chi connectivity index (χ0n) is 13.4. The molecule has 0 N–H and O–H groups in total. The lowest BCUT2D eigenvalue weighted by Gasteiger charge is -2.29. The highest BCUT2D eigenvalue weighted by atomic mass is 127. The van der Waals surface area contributed by atoms with Gasteiger partial charge in [-0.2, -0.15) is 0 Å². The molecule has 0 aromatic heterocycles. The van der Waals surface area contributed by atoms with Crippen LogP contribution in [0.1, 0.15) is 45.6 Å². The summed E-state index contributed by atoms with van der Waals surface area (Å²) in [5.41, 5.74) is 1.23. The van der Waals surface area contributed by atoms with Gasteiger partial charge in [-0.15, -0.1) is 0 Å². The van der Waals surface area contributed by atoms with Crippen LogP contribution < -0.4 is 0 Å². The van der Waals surface area contributed by atoms with Crippen molar-refractivity contribution in [3.05, 3.63) is 33.4 Å².